The van der Waals surface area contributed by atoms with Crippen LogP contribution in [0.4, 0.5) is 0 Å². The summed E-state index contributed by atoms with van der Waals surface area (Å²) in [6, 6.07) is 7.95. The van der Waals surface area contributed by atoms with Crippen LogP contribution in [0, 0.1) is 0 Å². The topological polar surface area (TPSA) is 43.1 Å². The van der Waals surface area contributed by atoms with Crippen molar-refractivity contribution in [3.05, 3.63) is 35.7 Å². The molecule has 0 unspecified atom stereocenters. The molecule has 0 spiro atoms. The molecule has 0 radical (unpaired) electrons. The third-order valence-corrected chi connectivity index (χ3v) is 3.40. The van der Waals surface area contributed by atoms with Crippen LogP contribution < -0.4 is 0 Å². The van der Waals surface area contributed by atoms with Gasteiger partial charge in [0.2, 0.25) is 0 Å². The second-order valence-corrected chi connectivity index (χ2v) is 4.52. The fourth-order valence-corrected chi connectivity index (χ4v) is 2.55. The molecule has 0 aliphatic heterocycles. The number of benzene rings is 1. The minimum atomic E-state index is 0.746. The molecule has 2 aromatic heterocycles. The van der Waals surface area contributed by atoms with E-state index in [0.29, 0.717) is 0 Å². The summed E-state index contributed by atoms with van der Waals surface area (Å²) >= 11 is 0. The van der Waals surface area contributed by atoms with Gasteiger partial charge in [0.05, 0.1) is 16.9 Å². The summed E-state index contributed by atoms with van der Waals surface area (Å²) in [5.74, 6) is 0.746. The van der Waals surface area contributed by atoms with Gasteiger partial charge in [0.25, 0.3) is 5.78 Å². The summed E-state index contributed by atoms with van der Waals surface area (Å²) in [5, 5.41) is 4.64. The third kappa shape index (κ3) is 1.27. The van der Waals surface area contributed by atoms with Crippen molar-refractivity contribution in [3.8, 4) is 0 Å². The molecule has 3 aromatic rings. The molecule has 2 heterocycles. The first-order valence-electron chi connectivity index (χ1n) is 6.05. The predicted octanol–water partition coefficient (Wildman–Crippen LogP) is 2.16. The zero-order chi connectivity index (χ0) is 11.2. The molecule has 0 atom stereocenters. The summed E-state index contributed by atoms with van der Waals surface area (Å²) in [4.78, 5) is 9.16. The molecule has 0 saturated heterocycles. The largest absolute Gasteiger partial charge is 0.251 e. The Morgan fingerprint density at radius 1 is 0.941 bits per heavy atom. The summed E-state index contributed by atoms with van der Waals surface area (Å²) in [6.45, 7) is 0. The van der Waals surface area contributed by atoms with E-state index in [1.54, 1.807) is 0 Å². The van der Waals surface area contributed by atoms with Crippen molar-refractivity contribution in [3.63, 3.8) is 0 Å². The lowest BCUT2D eigenvalue weighted by Crippen LogP contribution is -2.05. The van der Waals surface area contributed by atoms with Gasteiger partial charge in [0.15, 0.2) is 0 Å². The molecule has 1 aliphatic carbocycles. The molecule has 0 amide bonds. The fourth-order valence-electron chi connectivity index (χ4n) is 2.55. The number of para-hydroxylation sites is 1. The lowest BCUT2D eigenvalue weighted by Gasteiger charge is -2.09. The zero-order valence-corrected chi connectivity index (χ0v) is 9.43. The van der Waals surface area contributed by atoms with Gasteiger partial charge in [-0.1, -0.05) is 12.1 Å². The molecule has 17 heavy (non-hydrogen) atoms. The standard InChI is InChI=1S/C13H12N4/c1-2-6-10-9(5-1)14-13-15-11-7-3-4-8-12(11)17(13)16-10/h1-2,5-6H,3-4,7-8H2. The number of rotatable bonds is 0. The Hall–Kier alpha value is -1.97. The number of hydrogen-bond acceptors (Lipinski definition) is 3. The molecule has 1 aromatic carbocycles. The van der Waals surface area contributed by atoms with E-state index in [4.69, 9.17) is 0 Å². The number of hydrogen-bond donors (Lipinski definition) is 0. The van der Waals surface area contributed by atoms with E-state index in [2.05, 4.69) is 15.1 Å². The molecule has 1 aliphatic rings. The van der Waals surface area contributed by atoms with Crippen molar-refractivity contribution in [1.82, 2.24) is 19.6 Å². The van der Waals surface area contributed by atoms with E-state index < -0.39 is 0 Å². The SMILES string of the molecule is c1ccc2nn3c4c(nc3nc2c1)CCCC4. The van der Waals surface area contributed by atoms with Crippen molar-refractivity contribution < 1.29 is 0 Å². The van der Waals surface area contributed by atoms with Crippen molar-refractivity contribution in [1.29, 1.82) is 0 Å². The first-order valence-corrected chi connectivity index (χ1v) is 6.05. The zero-order valence-electron chi connectivity index (χ0n) is 9.43. The predicted molar refractivity (Wildman–Crippen MR) is 64.9 cm³/mol. The van der Waals surface area contributed by atoms with Gasteiger partial charge in [-0.15, -0.1) is 0 Å². The Bertz CT molecular complexity index is 714. The Labute approximate surface area is 98.3 Å². The van der Waals surface area contributed by atoms with Gasteiger partial charge in [-0.3, -0.25) is 0 Å². The molecular formula is C13H12N4. The van der Waals surface area contributed by atoms with Crippen LogP contribution in [0.2, 0.25) is 0 Å². The van der Waals surface area contributed by atoms with Crippen molar-refractivity contribution in [2.75, 3.05) is 0 Å². The van der Waals surface area contributed by atoms with E-state index in [-0.39, 0.29) is 0 Å². The molecule has 0 bridgehead atoms. The highest BCUT2D eigenvalue weighted by Gasteiger charge is 2.17. The maximum atomic E-state index is 4.64. The first-order chi connectivity index (χ1) is 8.42. The van der Waals surface area contributed by atoms with E-state index in [0.717, 1.165) is 29.7 Å². The van der Waals surface area contributed by atoms with Gasteiger partial charge in [-0.25, -0.2) is 14.5 Å². The van der Waals surface area contributed by atoms with Crippen LogP contribution in [0.25, 0.3) is 16.8 Å². The number of fused-ring (bicyclic) bond motifs is 4. The lowest BCUT2D eigenvalue weighted by atomic mass is 10.0. The maximum Gasteiger partial charge on any atom is 0.251 e. The van der Waals surface area contributed by atoms with Crippen LogP contribution in [-0.2, 0) is 12.8 Å². The molecule has 4 heteroatoms. The number of aryl methyl sites for hydroxylation is 2. The molecule has 84 valence electrons. The number of aromatic nitrogens is 4. The summed E-state index contributed by atoms with van der Waals surface area (Å²) in [6.07, 6.45) is 4.60. The van der Waals surface area contributed by atoms with E-state index >= 15 is 0 Å². The van der Waals surface area contributed by atoms with Crippen molar-refractivity contribution >= 4 is 16.8 Å². The van der Waals surface area contributed by atoms with Gasteiger partial charge < -0.3 is 0 Å². The second kappa shape index (κ2) is 3.26. The van der Waals surface area contributed by atoms with Crippen LogP contribution in [-0.4, -0.2) is 19.6 Å². The third-order valence-electron chi connectivity index (χ3n) is 3.40. The molecular weight excluding hydrogens is 212 g/mol. The van der Waals surface area contributed by atoms with Crippen LogP contribution in [0.5, 0.6) is 0 Å². The Balaban J connectivity index is 2.11. The average Bonchev–Trinajstić information content (AvgIpc) is 2.73. The number of nitrogens with zero attached hydrogens (tertiary/aromatic N) is 4. The quantitative estimate of drug-likeness (QED) is 0.587. The molecule has 4 nitrogen and oxygen atoms in total. The van der Waals surface area contributed by atoms with Crippen LogP contribution in [0.1, 0.15) is 24.2 Å². The minimum absolute atomic E-state index is 0.746. The fraction of sp³-hybridized carbons (Fsp3) is 0.308. The summed E-state index contributed by atoms with van der Waals surface area (Å²) < 4.78 is 1.93. The van der Waals surface area contributed by atoms with Crippen molar-refractivity contribution in [2.45, 2.75) is 25.7 Å². The summed E-state index contributed by atoms with van der Waals surface area (Å²) in [5.41, 5.74) is 4.30. The van der Waals surface area contributed by atoms with Crippen LogP contribution in [0.15, 0.2) is 24.3 Å². The van der Waals surface area contributed by atoms with Crippen LogP contribution >= 0.6 is 0 Å². The average molecular weight is 224 g/mol. The van der Waals surface area contributed by atoms with E-state index in [1.807, 2.05) is 28.8 Å². The number of imidazole rings is 1. The summed E-state index contributed by atoms with van der Waals surface area (Å²) in [7, 11) is 0. The Morgan fingerprint density at radius 2 is 1.76 bits per heavy atom. The van der Waals surface area contributed by atoms with Crippen LogP contribution in [0.3, 0.4) is 0 Å². The van der Waals surface area contributed by atoms with Gasteiger partial charge in [0, 0.05) is 0 Å². The van der Waals surface area contributed by atoms with Gasteiger partial charge in [-0.2, -0.15) is 5.10 Å². The van der Waals surface area contributed by atoms with Gasteiger partial charge >= 0.3 is 0 Å². The highest BCUT2D eigenvalue weighted by molar-refractivity contribution is 5.74. The minimum Gasteiger partial charge on any atom is -0.214 e. The maximum absolute atomic E-state index is 4.64. The first kappa shape index (κ1) is 9.10. The van der Waals surface area contributed by atoms with Crippen molar-refractivity contribution in [2.24, 2.45) is 0 Å². The van der Waals surface area contributed by atoms with E-state index in [9.17, 15) is 0 Å². The highest BCUT2D eigenvalue weighted by Crippen LogP contribution is 2.21. The smallest absolute Gasteiger partial charge is 0.214 e. The molecule has 0 N–H and O–H groups in total. The Kier molecular flexibility index (Phi) is 1.75. The molecule has 0 saturated carbocycles. The molecule has 4 rings (SSSR count). The van der Waals surface area contributed by atoms with Gasteiger partial charge in [0.1, 0.15) is 5.52 Å². The lowest BCUT2D eigenvalue weighted by molar-refractivity contribution is 0.649. The molecule has 0 fully saturated rings. The van der Waals surface area contributed by atoms with Gasteiger partial charge in [-0.05, 0) is 37.8 Å². The highest BCUT2D eigenvalue weighted by atomic mass is 15.3. The normalized spacial score (nSPS) is 15.3. The second-order valence-electron chi connectivity index (χ2n) is 4.52. The monoisotopic (exact) mass is 224 g/mol. The Morgan fingerprint density at radius 3 is 2.71 bits per heavy atom. The van der Waals surface area contributed by atoms with E-state index in [1.165, 1.54) is 24.2 Å².